The number of rotatable bonds is 3. The number of anilines is 1. The Balaban J connectivity index is 1.40. The average molecular weight is 341 g/mol. The van der Waals surface area contributed by atoms with Crippen molar-refractivity contribution in [3.63, 3.8) is 0 Å². The van der Waals surface area contributed by atoms with Crippen LogP contribution in [0.2, 0.25) is 0 Å². The van der Waals surface area contributed by atoms with E-state index >= 15 is 0 Å². The molecule has 0 aliphatic carbocycles. The van der Waals surface area contributed by atoms with Crippen LogP contribution in [0.4, 0.5) is 10.1 Å². The van der Waals surface area contributed by atoms with Crippen molar-refractivity contribution >= 4 is 5.69 Å². The molecule has 2 aliphatic rings. The Hall–Kier alpha value is -1.98. The summed E-state index contributed by atoms with van der Waals surface area (Å²) < 4.78 is 19.7. The summed E-state index contributed by atoms with van der Waals surface area (Å²) in [7, 11) is 0. The minimum atomic E-state index is -0.177. The number of hydrogen-bond donors (Lipinski definition) is 0. The molecule has 2 aliphatic heterocycles. The lowest BCUT2D eigenvalue weighted by molar-refractivity contribution is 0.0253. The Morgan fingerprint density at radius 3 is 2.96 bits per heavy atom. The van der Waals surface area contributed by atoms with Crippen molar-refractivity contribution in [1.29, 1.82) is 0 Å². The van der Waals surface area contributed by atoms with Crippen LogP contribution in [-0.4, -0.2) is 48.8 Å². The molecule has 4 nitrogen and oxygen atoms in total. The van der Waals surface area contributed by atoms with Gasteiger partial charge in [0.15, 0.2) is 0 Å². The number of aromatic nitrogens is 1. The number of piperidine rings is 1. The van der Waals surface area contributed by atoms with Crippen LogP contribution in [0.1, 0.15) is 12.0 Å². The summed E-state index contributed by atoms with van der Waals surface area (Å²) in [5, 5.41) is 0. The highest BCUT2D eigenvalue weighted by atomic mass is 19.1. The van der Waals surface area contributed by atoms with E-state index in [1.807, 2.05) is 24.5 Å². The van der Waals surface area contributed by atoms with Gasteiger partial charge >= 0.3 is 0 Å². The second-order valence-electron chi connectivity index (χ2n) is 6.98. The van der Waals surface area contributed by atoms with Gasteiger partial charge in [-0.15, -0.1) is 0 Å². The van der Waals surface area contributed by atoms with Gasteiger partial charge in [-0.2, -0.15) is 0 Å². The molecule has 0 amide bonds. The van der Waals surface area contributed by atoms with E-state index in [9.17, 15) is 4.39 Å². The smallest absolute Gasteiger partial charge is 0.125 e. The van der Waals surface area contributed by atoms with Crippen molar-refractivity contribution < 1.29 is 9.13 Å². The molecular formula is C20H24FN3O. The molecule has 0 radical (unpaired) electrons. The van der Waals surface area contributed by atoms with Crippen molar-refractivity contribution in [3.05, 3.63) is 60.2 Å². The van der Waals surface area contributed by atoms with Gasteiger partial charge in [0.2, 0.25) is 0 Å². The molecule has 0 spiro atoms. The van der Waals surface area contributed by atoms with Crippen molar-refractivity contribution in [2.24, 2.45) is 5.92 Å². The zero-order chi connectivity index (χ0) is 17.1. The lowest BCUT2D eigenvalue weighted by atomic mass is 9.93. The fraction of sp³-hybridized carbons (Fsp3) is 0.450. The highest BCUT2D eigenvalue weighted by molar-refractivity contribution is 5.47. The molecule has 0 saturated carbocycles. The molecule has 2 fully saturated rings. The Morgan fingerprint density at radius 2 is 2.12 bits per heavy atom. The normalized spacial score (nSPS) is 24.6. The van der Waals surface area contributed by atoms with Gasteiger partial charge in [-0.3, -0.25) is 9.88 Å². The number of benzene rings is 1. The second-order valence-corrected chi connectivity index (χ2v) is 6.98. The maximum absolute atomic E-state index is 13.5. The Morgan fingerprint density at radius 1 is 1.16 bits per heavy atom. The third-order valence-electron chi connectivity index (χ3n) is 5.23. The molecule has 2 atom stereocenters. The summed E-state index contributed by atoms with van der Waals surface area (Å²) in [6, 6.07) is 11.0. The molecule has 0 unspecified atom stereocenters. The molecule has 1 aromatic carbocycles. The maximum Gasteiger partial charge on any atom is 0.125 e. The fourth-order valence-electron chi connectivity index (χ4n) is 3.92. The Bertz CT molecular complexity index is 696. The first-order valence-corrected chi connectivity index (χ1v) is 9.01. The molecule has 1 aromatic heterocycles. The molecule has 2 aromatic rings. The van der Waals surface area contributed by atoms with Crippen LogP contribution >= 0.6 is 0 Å². The van der Waals surface area contributed by atoms with Gasteiger partial charge in [-0.05, 0) is 36.2 Å². The molecule has 4 rings (SSSR count). The highest BCUT2D eigenvalue weighted by Crippen LogP contribution is 2.28. The van der Waals surface area contributed by atoms with E-state index in [1.165, 1.54) is 11.6 Å². The number of halogens is 1. The minimum Gasteiger partial charge on any atom is -0.375 e. The van der Waals surface area contributed by atoms with Crippen molar-refractivity contribution in [2.45, 2.75) is 19.1 Å². The average Bonchev–Trinajstić information content (AvgIpc) is 2.83. The van der Waals surface area contributed by atoms with Crippen LogP contribution in [0.25, 0.3) is 0 Å². The summed E-state index contributed by atoms with van der Waals surface area (Å²) in [4.78, 5) is 8.93. The van der Waals surface area contributed by atoms with E-state index in [0.717, 1.165) is 51.4 Å². The monoisotopic (exact) mass is 341 g/mol. The van der Waals surface area contributed by atoms with Crippen molar-refractivity contribution in [1.82, 2.24) is 9.88 Å². The highest BCUT2D eigenvalue weighted by Gasteiger charge is 2.33. The van der Waals surface area contributed by atoms with Gasteiger partial charge in [0.05, 0.1) is 12.7 Å². The summed E-state index contributed by atoms with van der Waals surface area (Å²) >= 11 is 0. The first-order valence-electron chi connectivity index (χ1n) is 9.01. The quantitative estimate of drug-likeness (QED) is 0.858. The largest absolute Gasteiger partial charge is 0.375 e. The van der Waals surface area contributed by atoms with Crippen molar-refractivity contribution in [3.8, 4) is 0 Å². The number of hydrogen-bond acceptors (Lipinski definition) is 4. The minimum absolute atomic E-state index is 0.177. The molecule has 0 N–H and O–H groups in total. The molecule has 3 heterocycles. The molecule has 132 valence electrons. The van der Waals surface area contributed by atoms with Gasteiger partial charge in [-0.1, -0.05) is 12.1 Å². The van der Waals surface area contributed by atoms with Gasteiger partial charge < -0.3 is 9.64 Å². The predicted molar refractivity (Wildman–Crippen MR) is 96.0 cm³/mol. The van der Waals surface area contributed by atoms with Crippen LogP contribution in [0, 0.1) is 11.7 Å². The first-order chi connectivity index (χ1) is 12.3. The Kier molecular flexibility index (Phi) is 4.95. The number of ether oxygens (including phenoxy) is 1. The SMILES string of the molecule is Fc1cccc(N2CC[C@H]3CN(Cc4cccnc4)CCO[C@H]3C2)c1. The fourth-order valence-corrected chi connectivity index (χ4v) is 3.92. The van der Waals surface area contributed by atoms with E-state index in [4.69, 9.17) is 4.74 Å². The summed E-state index contributed by atoms with van der Waals surface area (Å²) in [5.41, 5.74) is 2.21. The van der Waals surface area contributed by atoms with Crippen LogP contribution < -0.4 is 4.90 Å². The van der Waals surface area contributed by atoms with E-state index in [1.54, 1.807) is 12.1 Å². The molecule has 25 heavy (non-hydrogen) atoms. The van der Waals surface area contributed by atoms with Gasteiger partial charge in [0.25, 0.3) is 0 Å². The number of fused-ring (bicyclic) bond motifs is 1. The number of pyridine rings is 1. The lowest BCUT2D eigenvalue weighted by Gasteiger charge is -2.39. The van der Waals surface area contributed by atoms with E-state index in [0.29, 0.717) is 5.92 Å². The lowest BCUT2D eigenvalue weighted by Crippen LogP contribution is -2.47. The van der Waals surface area contributed by atoms with Crippen LogP contribution in [0.15, 0.2) is 48.8 Å². The zero-order valence-electron chi connectivity index (χ0n) is 14.4. The predicted octanol–water partition coefficient (Wildman–Crippen LogP) is 2.95. The van der Waals surface area contributed by atoms with Gasteiger partial charge in [0, 0.05) is 56.7 Å². The third kappa shape index (κ3) is 3.99. The van der Waals surface area contributed by atoms with Crippen molar-refractivity contribution in [2.75, 3.05) is 37.7 Å². The van der Waals surface area contributed by atoms with Gasteiger partial charge in [0.1, 0.15) is 5.82 Å². The molecular weight excluding hydrogens is 317 g/mol. The van der Waals surface area contributed by atoms with E-state index in [2.05, 4.69) is 20.9 Å². The molecule has 5 heteroatoms. The molecule has 0 bridgehead atoms. The van der Waals surface area contributed by atoms with Crippen LogP contribution in [0.3, 0.4) is 0 Å². The van der Waals surface area contributed by atoms with Crippen LogP contribution in [-0.2, 0) is 11.3 Å². The standard InChI is InChI=1S/C20H24FN3O/c21-18-4-1-5-19(11-18)24-8-6-17-14-23(9-10-25-20(17)15-24)13-16-3-2-7-22-12-16/h1-5,7,11-12,17,20H,6,8-10,13-15H2/t17-,20-/m0/s1. The number of nitrogens with zero attached hydrogens (tertiary/aromatic N) is 3. The summed E-state index contributed by atoms with van der Waals surface area (Å²) in [6.45, 7) is 5.47. The molecule has 2 saturated heterocycles. The zero-order valence-corrected chi connectivity index (χ0v) is 14.4. The first kappa shape index (κ1) is 16.5. The third-order valence-corrected chi connectivity index (χ3v) is 5.23. The van der Waals surface area contributed by atoms with Gasteiger partial charge in [-0.25, -0.2) is 4.39 Å². The topological polar surface area (TPSA) is 28.6 Å². The second kappa shape index (κ2) is 7.50. The summed E-state index contributed by atoms with van der Waals surface area (Å²) in [6.07, 6.45) is 5.05. The van der Waals surface area contributed by atoms with E-state index < -0.39 is 0 Å². The summed E-state index contributed by atoms with van der Waals surface area (Å²) in [5.74, 6) is 0.355. The maximum atomic E-state index is 13.5. The van der Waals surface area contributed by atoms with Crippen LogP contribution in [0.5, 0.6) is 0 Å². The Labute approximate surface area is 148 Å². The van der Waals surface area contributed by atoms with E-state index in [-0.39, 0.29) is 11.9 Å².